The molecule has 0 aromatic heterocycles. The first-order valence-corrected chi connectivity index (χ1v) is 8.91. The zero-order valence-corrected chi connectivity index (χ0v) is 15.1. The Labute approximate surface area is 153 Å². The fraction of sp³-hybridized carbons (Fsp3) is 0.286. The van der Waals surface area contributed by atoms with Crippen LogP contribution in [-0.2, 0) is 9.59 Å². The molecule has 0 radical (unpaired) electrons. The maximum absolute atomic E-state index is 12.7. The summed E-state index contributed by atoms with van der Waals surface area (Å²) in [5.74, 6) is -0.316. The number of carbonyl (C=O) groups excluding carboxylic acids is 2. The molecule has 2 aromatic rings. The van der Waals surface area contributed by atoms with E-state index in [1.807, 2.05) is 68.4 Å². The molecule has 134 valence electrons. The zero-order valence-electron chi connectivity index (χ0n) is 15.1. The van der Waals surface area contributed by atoms with Crippen molar-refractivity contribution >= 4 is 23.2 Å². The third-order valence-electron chi connectivity index (χ3n) is 4.49. The van der Waals surface area contributed by atoms with Gasteiger partial charge in [-0.25, -0.2) is 5.01 Å². The summed E-state index contributed by atoms with van der Waals surface area (Å²) >= 11 is 0. The summed E-state index contributed by atoms with van der Waals surface area (Å²) < 4.78 is 0. The van der Waals surface area contributed by atoms with E-state index in [0.717, 1.165) is 12.0 Å². The second-order valence-electron chi connectivity index (χ2n) is 6.43. The van der Waals surface area contributed by atoms with Crippen LogP contribution in [0.15, 0.2) is 59.7 Å². The van der Waals surface area contributed by atoms with Gasteiger partial charge in [-0.05, 0) is 31.0 Å². The van der Waals surface area contributed by atoms with Crippen LogP contribution in [0.3, 0.4) is 0 Å². The lowest BCUT2D eigenvalue weighted by Crippen LogP contribution is -2.40. The standard InChI is InChI=1S/C21H23N3O2/c1-3-18(16-11-9-15(2)10-12-16)22-21(26)19-13-14-20(25)24(23-19)17-7-5-4-6-8-17/h4-12,18H,3,13-14H2,1-2H3,(H,22,26). The Hall–Kier alpha value is -2.95. The fourth-order valence-corrected chi connectivity index (χ4v) is 2.95. The smallest absolute Gasteiger partial charge is 0.267 e. The van der Waals surface area contributed by atoms with Crippen LogP contribution >= 0.6 is 0 Å². The SMILES string of the molecule is CCC(NC(=O)C1=NN(c2ccccc2)C(=O)CC1)c1ccc(C)cc1. The number of nitrogens with one attached hydrogen (secondary N) is 1. The van der Waals surface area contributed by atoms with Gasteiger partial charge < -0.3 is 5.32 Å². The number of hydrogen-bond donors (Lipinski definition) is 1. The van der Waals surface area contributed by atoms with Gasteiger partial charge in [-0.2, -0.15) is 5.10 Å². The maximum Gasteiger partial charge on any atom is 0.267 e. The highest BCUT2D eigenvalue weighted by Gasteiger charge is 2.26. The van der Waals surface area contributed by atoms with Crippen LogP contribution in [0.4, 0.5) is 5.69 Å². The number of aryl methyl sites for hydroxylation is 1. The van der Waals surface area contributed by atoms with Gasteiger partial charge in [0.05, 0.1) is 11.7 Å². The summed E-state index contributed by atoms with van der Waals surface area (Å²) in [4.78, 5) is 24.9. The molecule has 0 saturated heterocycles. The van der Waals surface area contributed by atoms with Gasteiger partial charge in [0, 0.05) is 12.8 Å². The van der Waals surface area contributed by atoms with Gasteiger partial charge in [0.1, 0.15) is 5.71 Å². The third-order valence-corrected chi connectivity index (χ3v) is 4.49. The van der Waals surface area contributed by atoms with Crippen molar-refractivity contribution in [1.29, 1.82) is 0 Å². The van der Waals surface area contributed by atoms with Crippen molar-refractivity contribution in [2.75, 3.05) is 5.01 Å². The Bertz CT molecular complexity index is 813. The first-order valence-electron chi connectivity index (χ1n) is 8.91. The summed E-state index contributed by atoms with van der Waals surface area (Å²) in [6, 6.07) is 17.3. The van der Waals surface area contributed by atoms with E-state index in [0.29, 0.717) is 17.8 Å². The van der Waals surface area contributed by atoms with Crippen molar-refractivity contribution in [3.63, 3.8) is 0 Å². The minimum Gasteiger partial charge on any atom is -0.344 e. The first-order chi connectivity index (χ1) is 12.6. The largest absolute Gasteiger partial charge is 0.344 e. The summed E-state index contributed by atoms with van der Waals surface area (Å²) in [7, 11) is 0. The van der Waals surface area contributed by atoms with Crippen LogP contribution < -0.4 is 10.3 Å². The molecule has 0 bridgehead atoms. The number of hydrogen-bond acceptors (Lipinski definition) is 3. The molecule has 2 amide bonds. The minimum atomic E-state index is -0.217. The van der Waals surface area contributed by atoms with Crippen molar-refractivity contribution in [1.82, 2.24) is 5.32 Å². The molecule has 0 fully saturated rings. The Morgan fingerprint density at radius 2 is 1.81 bits per heavy atom. The first kappa shape index (κ1) is 17.9. The summed E-state index contributed by atoms with van der Waals surface area (Å²) in [5, 5.41) is 8.69. The van der Waals surface area contributed by atoms with Crippen molar-refractivity contribution in [2.24, 2.45) is 5.10 Å². The predicted molar refractivity (Wildman–Crippen MR) is 103 cm³/mol. The monoisotopic (exact) mass is 349 g/mol. The average Bonchev–Trinajstić information content (AvgIpc) is 2.68. The lowest BCUT2D eigenvalue weighted by Gasteiger charge is -2.24. The second-order valence-corrected chi connectivity index (χ2v) is 6.43. The number of hydrazone groups is 1. The van der Waals surface area contributed by atoms with Crippen molar-refractivity contribution in [3.05, 3.63) is 65.7 Å². The summed E-state index contributed by atoms with van der Waals surface area (Å²) in [6.45, 7) is 4.07. The molecule has 1 unspecified atom stereocenters. The number of para-hydroxylation sites is 1. The van der Waals surface area contributed by atoms with E-state index >= 15 is 0 Å². The van der Waals surface area contributed by atoms with E-state index in [1.54, 1.807) is 0 Å². The molecule has 5 nitrogen and oxygen atoms in total. The molecule has 0 aliphatic carbocycles. The molecule has 3 rings (SSSR count). The molecule has 5 heteroatoms. The van der Waals surface area contributed by atoms with Gasteiger partial charge in [-0.3, -0.25) is 9.59 Å². The van der Waals surface area contributed by atoms with Crippen LogP contribution in [0, 0.1) is 6.92 Å². The van der Waals surface area contributed by atoms with E-state index in [2.05, 4.69) is 10.4 Å². The van der Waals surface area contributed by atoms with Crippen LogP contribution in [0.1, 0.15) is 43.4 Å². The van der Waals surface area contributed by atoms with Crippen LogP contribution in [0.2, 0.25) is 0 Å². The second kappa shape index (κ2) is 7.95. The van der Waals surface area contributed by atoms with E-state index < -0.39 is 0 Å². The highest BCUT2D eigenvalue weighted by atomic mass is 16.2. The minimum absolute atomic E-state index is 0.0754. The zero-order chi connectivity index (χ0) is 18.5. The summed E-state index contributed by atoms with van der Waals surface area (Å²) in [5.41, 5.74) is 3.31. The molecular weight excluding hydrogens is 326 g/mol. The average molecular weight is 349 g/mol. The van der Waals surface area contributed by atoms with Crippen LogP contribution in [0.25, 0.3) is 0 Å². The molecule has 0 spiro atoms. The quantitative estimate of drug-likeness (QED) is 0.894. The number of benzene rings is 2. The number of amides is 2. The lowest BCUT2D eigenvalue weighted by atomic mass is 10.0. The van der Waals surface area contributed by atoms with Crippen molar-refractivity contribution < 1.29 is 9.59 Å². The third kappa shape index (κ3) is 3.99. The Balaban J connectivity index is 1.77. The van der Waals surface area contributed by atoms with Crippen LogP contribution in [-0.4, -0.2) is 17.5 Å². The van der Waals surface area contributed by atoms with Gasteiger partial charge in [0.15, 0.2) is 0 Å². The normalized spacial score (nSPS) is 15.4. The molecule has 1 N–H and O–H groups in total. The van der Waals surface area contributed by atoms with Crippen molar-refractivity contribution in [2.45, 2.75) is 39.2 Å². The molecule has 0 saturated carbocycles. The maximum atomic E-state index is 12.7. The molecule has 1 aliphatic rings. The molecule has 2 aromatic carbocycles. The molecule has 26 heavy (non-hydrogen) atoms. The number of anilines is 1. The number of carbonyl (C=O) groups is 2. The van der Waals surface area contributed by atoms with Gasteiger partial charge in [-0.1, -0.05) is 55.0 Å². The summed E-state index contributed by atoms with van der Waals surface area (Å²) in [6.07, 6.45) is 1.42. The Morgan fingerprint density at radius 3 is 2.46 bits per heavy atom. The van der Waals surface area contributed by atoms with Gasteiger partial charge in [0.2, 0.25) is 5.91 Å². The molecule has 1 aliphatic heterocycles. The predicted octanol–water partition coefficient (Wildman–Crippen LogP) is 3.75. The number of rotatable bonds is 5. The van der Waals surface area contributed by atoms with Crippen molar-refractivity contribution in [3.8, 4) is 0 Å². The molecular formula is C21H23N3O2. The van der Waals surface area contributed by atoms with Gasteiger partial charge >= 0.3 is 0 Å². The molecule has 1 heterocycles. The topological polar surface area (TPSA) is 61.8 Å². The number of nitrogens with zero attached hydrogens (tertiary/aromatic N) is 2. The van der Waals surface area contributed by atoms with E-state index in [4.69, 9.17) is 0 Å². The van der Waals surface area contributed by atoms with E-state index in [-0.39, 0.29) is 24.3 Å². The van der Waals surface area contributed by atoms with E-state index in [1.165, 1.54) is 10.6 Å². The highest BCUT2D eigenvalue weighted by Crippen LogP contribution is 2.21. The lowest BCUT2D eigenvalue weighted by molar-refractivity contribution is -0.119. The Kier molecular flexibility index (Phi) is 5.46. The van der Waals surface area contributed by atoms with E-state index in [9.17, 15) is 9.59 Å². The van der Waals surface area contributed by atoms with Gasteiger partial charge in [-0.15, -0.1) is 0 Å². The van der Waals surface area contributed by atoms with Gasteiger partial charge in [0.25, 0.3) is 5.91 Å². The Morgan fingerprint density at radius 1 is 1.12 bits per heavy atom. The fourth-order valence-electron chi connectivity index (χ4n) is 2.95. The highest BCUT2D eigenvalue weighted by molar-refractivity contribution is 6.40. The van der Waals surface area contributed by atoms with Crippen LogP contribution in [0.5, 0.6) is 0 Å². The molecule has 1 atom stereocenters.